The molecule has 0 saturated carbocycles. The van der Waals surface area contributed by atoms with Crippen LogP contribution in [0.5, 0.6) is 0 Å². The van der Waals surface area contributed by atoms with Crippen LogP contribution in [0.4, 0.5) is 19.0 Å². The molecule has 0 bridgehead atoms. The molecule has 4 atom stereocenters. The molecule has 3 heterocycles. The third-order valence-corrected chi connectivity index (χ3v) is 5.10. The predicted octanol–water partition coefficient (Wildman–Crippen LogP) is 1.72. The molecule has 1 aliphatic rings. The molecule has 0 radical (unpaired) electrons. The van der Waals surface area contributed by atoms with E-state index in [0.717, 1.165) is 12.1 Å². The summed E-state index contributed by atoms with van der Waals surface area (Å²) in [4.78, 5) is 12.4. The smallest absolute Gasteiger partial charge is 0.394 e. The number of fused-ring (bicyclic) bond motifs is 1. The third-order valence-electron chi connectivity index (χ3n) is 4.93. The number of aromatic nitrogens is 4. The first kappa shape index (κ1) is 21.7. The number of imidazole rings is 1. The van der Waals surface area contributed by atoms with Gasteiger partial charge in [0.15, 0.2) is 23.2 Å². The molecule has 9 nitrogen and oxygen atoms in total. The number of alkyl halides is 3. The Morgan fingerprint density at radius 1 is 1.13 bits per heavy atom. The van der Waals surface area contributed by atoms with E-state index in [-0.39, 0.29) is 28.8 Å². The monoisotopic (exact) mass is 459 g/mol. The Morgan fingerprint density at radius 3 is 2.45 bits per heavy atom. The number of hydrogen-bond donors (Lipinski definition) is 4. The van der Waals surface area contributed by atoms with Crippen molar-refractivity contribution in [2.45, 2.75) is 37.3 Å². The van der Waals surface area contributed by atoms with Crippen molar-refractivity contribution in [3.8, 4) is 0 Å². The zero-order valence-electron chi connectivity index (χ0n) is 15.7. The van der Waals surface area contributed by atoms with Crippen LogP contribution in [0.3, 0.4) is 0 Å². The summed E-state index contributed by atoms with van der Waals surface area (Å²) in [6.07, 6.45) is -7.79. The van der Waals surface area contributed by atoms with E-state index in [1.165, 1.54) is 23.0 Å². The normalized spacial score (nSPS) is 24.1. The minimum Gasteiger partial charge on any atom is -0.394 e. The highest BCUT2D eigenvalue weighted by atomic mass is 35.5. The molecule has 0 spiro atoms. The topological polar surface area (TPSA) is 126 Å². The summed E-state index contributed by atoms with van der Waals surface area (Å²) in [6.45, 7) is -0.349. The van der Waals surface area contributed by atoms with Gasteiger partial charge in [-0.3, -0.25) is 4.57 Å². The fourth-order valence-electron chi connectivity index (χ4n) is 3.31. The van der Waals surface area contributed by atoms with Gasteiger partial charge in [-0.15, -0.1) is 0 Å². The Labute approximate surface area is 178 Å². The van der Waals surface area contributed by atoms with Crippen molar-refractivity contribution in [3.05, 3.63) is 47.0 Å². The summed E-state index contributed by atoms with van der Waals surface area (Å²) in [7, 11) is 0. The number of hydrogen-bond acceptors (Lipinski definition) is 8. The molecule has 166 valence electrons. The van der Waals surface area contributed by atoms with Crippen LogP contribution < -0.4 is 5.32 Å². The van der Waals surface area contributed by atoms with Gasteiger partial charge in [-0.1, -0.05) is 12.1 Å². The van der Waals surface area contributed by atoms with Gasteiger partial charge in [-0.25, -0.2) is 4.98 Å². The van der Waals surface area contributed by atoms with E-state index in [4.69, 9.17) is 16.3 Å². The number of aliphatic hydroxyl groups is 3. The zero-order chi connectivity index (χ0) is 22.3. The van der Waals surface area contributed by atoms with E-state index in [1.54, 1.807) is 0 Å². The van der Waals surface area contributed by atoms with Gasteiger partial charge in [0.1, 0.15) is 18.3 Å². The first-order valence-electron chi connectivity index (χ1n) is 9.11. The standard InChI is InChI=1S/C18H17ClF3N5O4/c19-17-25-14(23-5-8-1-3-9(4-2-8)18(20,21)22)11-15(26-17)27(7-24-11)16-13(30)12(29)10(6-28)31-16/h1-4,7,10,12-13,16,28-30H,5-6H2,(H,23,25,26)/t10-,12-,13-,16-/m1/s1. The SMILES string of the molecule is OC[C@H]1O[C@@H](n2cnc3c(NCc4ccc(C(F)(F)F)cc4)nc(Cl)nc32)[C@H](O)[C@@H]1O. The van der Waals surface area contributed by atoms with E-state index < -0.39 is 42.9 Å². The van der Waals surface area contributed by atoms with Crippen LogP contribution >= 0.6 is 11.6 Å². The molecule has 0 aliphatic carbocycles. The molecule has 4 N–H and O–H groups in total. The number of anilines is 1. The van der Waals surface area contributed by atoms with Gasteiger partial charge >= 0.3 is 6.18 Å². The first-order valence-corrected chi connectivity index (χ1v) is 9.49. The Hall–Kier alpha value is -2.51. The molecule has 1 fully saturated rings. The summed E-state index contributed by atoms with van der Waals surface area (Å²) < 4.78 is 45.0. The van der Waals surface area contributed by atoms with Crippen LogP contribution in [0.1, 0.15) is 17.4 Å². The molecule has 1 aromatic carbocycles. The van der Waals surface area contributed by atoms with Gasteiger partial charge in [-0.2, -0.15) is 23.1 Å². The van der Waals surface area contributed by atoms with Gasteiger partial charge in [0.2, 0.25) is 5.28 Å². The summed E-state index contributed by atoms with van der Waals surface area (Å²) in [6, 6.07) is 4.65. The lowest BCUT2D eigenvalue weighted by Gasteiger charge is -2.16. The molecule has 2 aromatic heterocycles. The minimum absolute atomic E-state index is 0.140. The largest absolute Gasteiger partial charge is 0.416 e. The average molecular weight is 460 g/mol. The van der Waals surface area contributed by atoms with Crippen molar-refractivity contribution in [3.63, 3.8) is 0 Å². The predicted molar refractivity (Wildman–Crippen MR) is 102 cm³/mol. The van der Waals surface area contributed by atoms with Crippen molar-refractivity contribution in [2.75, 3.05) is 11.9 Å². The van der Waals surface area contributed by atoms with Crippen LogP contribution in [0, 0.1) is 0 Å². The molecule has 3 aromatic rings. The van der Waals surface area contributed by atoms with Gasteiger partial charge in [0.05, 0.1) is 18.5 Å². The number of nitrogens with zero attached hydrogens (tertiary/aromatic N) is 4. The molecule has 0 amide bonds. The number of rotatable bonds is 5. The molecule has 1 saturated heterocycles. The van der Waals surface area contributed by atoms with Crippen LogP contribution in [0.15, 0.2) is 30.6 Å². The molecule has 31 heavy (non-hydrogen) atoms. The van der Waals surface area contributed by atoms with Crippen molar-refractivity contribution < 1.29 is 33.2 Å². The first-order chi connectivity index (χ1) is 14.7. The summed E-state index contributed by atoms with van der Waals surface area (Å²) in [5.74, 6) is 0.223. The van der Waals surface area contributed by atoms with E-state index in [0.29, 0.717) is 5.56 Å². The summed E-state index contributed by atoms with van der Waals surface area (Å²) in [5, 5.41) is 32.3. The fraction of sp³-hybridized carbons (Fsp3) is 0.389. The second-order valence-electron chi connectivity index (χ2n) is 6.94. The molecular formula is C18H17ClF3N5O4. The van der Waals surface area contributed by atoms with Crippen LogP contribution in [-0.2, 0) is 17.5 Å². The lowest BCUT2D eigenvalue weighted by molar-refractivity contribution is -0.137. The number of aliphatic hydroxyl groups excluding tert-OH is 3. The maximum atomic E-state index is 12.7. The fourth-order valence-corrected chi connectivity index (χ4v) is 3.47. The number of benzene rings is 1. The van der Waals surface area contributed by atoms with Gasteiger partial charge in [0, 0.05) is 6.54 Å². The maximum absolute atomic E-state index is 12.7. The highest BCUT2D eigenvalue weighted by Gasteiger charge is 2.44. The van der Waals surface area contributed by atoms with Crippen LogP contribution in [0.25, 0.3) is 11.2 Å². The second kappa shape index (κ2) is 8.20. The molecular weight excluding hydrogens is 443 g/mol. The Kier molecular flexibility index (Phi) is 5.75. The number of halogens is 4. The van der Waals surface area contributed by atoms with E-state index in [2.05, 4.69) is 20.3 Å². The molecule has 13 heteroatoms. The maximum Gasteiger partial charge on any atom is 0.416 e. The van der Waals surface area contributed by atoms with E-state index in [1.807, 2.05) is 0 Å². The summed E-state index contributed by atoms with van der Waals surface area (Å²) >= 11 is 6.01. The van der Waals surface area contributed by atoms with E-state index in [9.17, 15) is 28.5 Å². The third kappa shape index (κ3) is 4.16. The van der Waals surface area contributed by atoms with E-state index >= 15 is 0 Å². The Balaban J connectivity index is 1.59. The highest BCUT2D eigenvalue weighted by molar-refractivity contribution is 6.28. The number of ether oxygens (including phenoxy) is 1. The van der Waals surface area contributed by atoms with Crippen molar-refractivity contribution >= 4 is 28.6 Å². The number of nitrogens with one attached hydrogen (secondary N) is 1. The van der Waals surface area contributed by atoms with Gasteiger partial charge < -0.3 is 25.4 Å². The Bertz CT molecular complexity index is 1080. The second-order valence-corrected chi connectivity index (χ2v) is 7.28. The average Bonchev–Trinajstić information content (AvgIpc) is 3.27. The van der Waals surface area contributed by atoms with Gasteiger partial charge in [0.25, 0.3) is 0 Å². The van der Waals surface area contributed by atoms with Crippen LogP contribution in [-0.4, -0.2) is 59.8 Å². The van der Waals surface area contributed by atoms with Crippen molar-refractivity contribution in [1.29, 1.82) is 0 Å². The van der Waals surface area contributed by atoms with Crippen molar-refractivity contribution in [2.24, 2.45) is 0 Å². The molecule has 1 aliphatic heterocycles. The summed E-state index contributed by atoms with van der Waals surface area (Å²) in [5.41, 5.74) is 0.290. The minimum atomic E-state index is -4.42. The molecule has 0 unspecified atom stereocenters. The van der Waals surface area contributed by atoms with Gasteiger partial charge in [-0.05, 0) is 29.3 Å². The quantitative estimate of drug-likeness (QED) is 0.425. The van der Waals surface area contributed by atoms with Crippen molar-refractivity contribution in [1.82, 2.24) is 19.5 Å². The Morgan fingerprint density at radius 2 is 1.84 bits per heavy atom. The lowest BCUT2D eigenvalue weighted by Crippen LogP contribution is -2.33. The molecule has 4 rings (SSSR count). The van der Waals surface area contributed by atoms with Crippen LogP contribution in [0.2, 0.25) is 5.28 Å². The highest BCUT2D eigenvalue weighted by Crippen LogP contribution is 2.33. The lowest BCUT2D eigenvalue weighted by atomic mass is 10.1. The zero-order valence-corrected chi connectivity index (χ0v) is 16.4.